The number of ether oxygens (including phenoxy) is 1. The van der Waals surface area contributed by atoms with Crippen molar-refractivity contribution in [2.45, 2.75) is 78.9 Å². The van der Waals surface area contributed by atoms with Crippen LogP contribution in [0.15, 0.2) is 0 Å². The fourth-order valence-electron chi connectivity index (χ4n) is 1.83. The molecule has 2 N–H and O–H groups in total. The first-order chi connectivity index (χ1) is 9.71. The number of carbonyl (C=O) groups is 2. The normalized spacial score (nSPS) is 14.2. The third-order valence-electron chi connectivity index (χ3n) is 3.25. The van der Waals surface area contributed by atoms with Gasteiger partial charge in [0, 0.05) is 6.54 Å². The van der Waals surface area contributed by atoms with Crippen molar-refractivity contribution in [1.82, 2.24) is 10.6 Å². The lowest BCUT2D eigenvalue weighted by Gasteiger charge is -2.26. The minimum absolute atomic E-state index is 0.0590. The van der Waals surface area contributed by atoms with E-state index < -0.39 is 17.7 Å². The lowest BCUT2D eigenvalue weighted by molar-refractivity contribution is -0.124. The molecule has 5 heteroatoms. The Morgan fingerprint density at radius 2 is 1.76 bits per heavy atom. The second kappa shape index (κ2) is 9.64. The zero-order chi connectivity index (χ0) is 16.5. The highest BCUT2D eigenvalue weighted by molar-refractivity contribution is 5.85. The molecule has 0 aliphatic heterocycles. The number of amides is 2. The summed E-state index contributed by atoms with van der Waals surface area (Å²) in [4.78, 5) is 24.1. The molecule has 0 aliphatic carbocycles. The van der Waals surface area contributed by atoms with Crippen molar-refractivity contribution in [2.24, 2.45) is 5.92 Å². The maximum absolute atomic E-state index is 12.2. The summed E-state index contributed by atoms with van der Waals surface area (Å²) < 4.78 is 5.23. The molecule has 2 atom stereocenters. The predicted octanol–water partition coefficient (Wildman–Crippen LogP) is 3.23. The molecule has 0 rings (SSSR count). The molecular weight excluding hydrogens is 268 g/mol. The van der Waals surface area contributed by atoms with Gasteiger partial charge in [0.1, 0.15) is 11.6 Å². The highest BCUT2D eigenvalue weighted by atomic mass is 16.6. The van der Waals surface area contributed by atoms with Crippen LogP contribution in [0.25, 0.3) is 0 Å². The zero-order valence-electron chi connectivity index (χ0n) is 14.4. The SMILES string of the molecule is CCCCCNC(=O)C(NC(=O)OC(C)(C)C)C(C)CC. The lowest BCUT2D eigenvalue weighted by atomic mass is 9.98. The summed E-state index contributed by atoms with van der Waals surface area (Å²) in [6.45, 7) is 12.1. The maximum atomic E-state index is 12.2. The molecule has 0 aliphatic rings. The van der Waals surface area contributed by atoms with Gasteiger partial charge in [0.15, 0.2) is 0 Å². The Kier molecular flexibility index (Phi) is 9.06. The van der Waals surface area contributed by atoms with E-state index in [1.807, 2.05) is 13.8 Å². The van der Waals surface area contributed by atoms with E-state index >= 15 is 0 Å². The van der Waals surface area contributed by atoms with Crippen LogP contribution in [-0.4, -0.2) is 30.2 Å². The molecule has 0 saturated heterocycles. The fourth-order valence-corrected chi connectivity index (χ4v) is 1.83. The Labute approximate surface area is 129 Å². The van der Waals surface area contributed by atoms with Gasteiger partial charge in [-0.1, -0.05) is 40.0 Å². The molecule has 0 aromatic carbocycles. The average Bonchev–Trinajstić information content (AvgIpc) is 2.37. The van der Waals surface area contributed by atoms with Crippen LogP contribution >= 0.6 is 0 Å². The first-order valence-electron chi connectivity index (χ1n) is 7.98. The maximum Gasteiger partial charge on any atom is 0.408 e. The van der Waals surface area contributed by atoms with Crippen molar-refractivity contribution >= 4 is 12.0 Å². The summed E-state index contributed by atoms with van der Waals surface area (Å²) in [5.74, 6) is -0.0741. The van der Waals surface area contributed by atoms with Crippen LogP contribution < -0.4 is 10.6 Å². The monoisotopic (exact) mass is 300 g/mol. The van der Waals surface area contributed by atoms with Crippen molar-refractivity contribution in [3.8, 4) is 0 Å². The molecule has 0 radical (unpaired) electrons. The van der Waals surface area contributed by atoms with Crippen molar-refractivity contribution in [3.05, 3.63) is 0 Å². The number of hydrogen-bond donors (Lipinski definition) is 2. The standard InChI is InChI=1S/C16H32N2O3/c1-7-9-10-11-17-14(19)13(12(3)8-2)18-15(20)21-16(4,5)6/h12-13H,7-11H2,1-6H3,(H,17,19)(H,18,20). The number of rotatable bonds is 8. The smallest absolute Gasteiger partial charge is 0.408 e. The van der Waals surface area contributed by atoms with Gasteiger partial charge in [-0.25, -0.2) is 4.79 Å². The minimum atomic E-state index is -0.568. The van der Waals surface area contributed by atoms with Crippen LogP contribution in [0, 0.1) is 5.92 Å². The Balaban J connectivity index is 4.51. The summed E-state index contributed by atoms with van der Waals surface area (Å²) >= 11 is 0. The molecule has 0 aromatic rings. The van der Waals surface area contributed by atoms with E-state index in [1.54, 1.807) is 20.8 Å². The number of carbonyl (C=O) groups excluding carboxylic acids is 2. The van der Waals surface area contributed by atoms with Crippen molar-refractivity contribution in [1.29, 1.82) is 0 Å². The Bertz CT molecular complexity index is 324. The van der Waals surface area contributed by atoms with Crippen molar-refractivity contribution in [2.75, 3.05) is 6.54 Å². The van der Waals surface area contributed by atoms with Gasteiger partial charge < -0.3 is 15.4 Å². The van der Waals surface area contributed by atoms with E-state index in [0.717, 1.165) is 25.7 Å². The van der Waals surface area contributed by atoms with E-state index in [0.29, 0.717) is 6.54 Å². The topological polar surface area (TPSA) is 67.4 Å². The second-order valence-corrected chi connectivity index (χ2v) is 6.51. The number of alkyl carbamates (subject to hydrolysis) is 1. The van der Waals surface area contributed by atoms with Crippen molar-refractivity contribution in [3.63, 3.8) is 0 Å². The molecule has 124 valence electrons. The predicted molar refractivity (Wildman–Crippen MR) is 85.1 cm³/mol. The first kappa shape index (κ1) is 19.7. The van der Waals surface area contributed by atoms with Gasteiger partial charge in [-0.05, 0) is 33.1 Å². The number of nitrogens with one attached hydrogen (secondary N) is 2. The van der Waals surface area contributed by atoms with Gasteiger partial charge in [0.2, 0.25) is 5.91 Å². The highest BCUT2D eigenvalue weighted by Gasteiger charge is 2.27. The molecule has 0 heterocycles. The van der Waals surface area contributed by atoms with Crippen molar-refractivity contribution < 1.29 is 14.3 Å². The molecule has 0 bridgehead atoms. The van der Waals surface area contributed by atoms with Crippen LogP contribution in [0.4, 0.5) is 4.79 Å². The fraction of sp³-hybridized carbons (Fsp3) is 0.875. The Morgan fingerprint density at radius 1 is 1.14 bits per heavy atom. The molecule has 0 aromatic heterocycles. The summed E-state index contributed by atoms with van der Waals surface area (Å²) in [5.41, 5.74) is -0.568. The third-order valence-corrected chi connectivity index (χ3v) is 3.25. The van der Waals surface area contributed by atoms with Gasteiger partial charge in [-0.3, -0.25) is 4.79 Å². The third kappa shape index (κ3) is 9.32. The first-order valence-corrected chi connectivity index (χ1v) is 7.98. The second-order valence-electron chi connectivity index (χ2n) is 6.51. The van der Waals surface area contributed by atoms with E-state index in [9.17, 15) is 9.59 Å². The largest absolute Gasteiger partial charge is 0.444 e. The van der Waals surface area contributed by atoms with Gasteiger partial charge in [-0.15, -0.1) is 0 Å². The lowest BCUT2D eigenvalue weighted by Crippen LogP contribution is -2.51. The molecule has 21 heavy (non-hydrogen) atoms. The summed E-state index contributed by atoms with van der Waals surface area (Å²) in [5, 5.41) is 5.58. The quantitative estimate of drug-likeness (QED) is 0.676. The number of unbranched alkanes of at least 4 members (excludes halogenated alkanes) is 2. The van der Waals surface area contributed by atoms with E-state index in [-0.39, 0.29) is 11.8 Å². The molecule has 0 saturated carbocycles. The van der Waals surface area contributed by atoms with Crippen LogP contribution in [-0.2, 0) is 9.53 Å². The molecule has 5 nitrogen and oxygen atoms in total. The molecule has 0 fully saturated rings. The van der Waals surface area contributed by atoms with Gasteiger partial charge in [0.05, 0.1) is 0 Å². The van der Waals surface area contributed by atoms with Crippen LogP contribution in [0.1, 0.15) is 67.2 Å². The molecule has 2 unspecified atom stereocenters. The Morgan fingerprint density at radius 3 is 2.24 bits per heavy atom. The molecule has 2 amide bonds. The minimum Gasteiger partial charge on any atom is -0.444 e. The van der Waals surface area contributed by atoms with Gasteiger partial charge in [0.25, 0.3) is 0 Å². The van der Waals surface area contributed by atoms with E-state index in [4.69, 9.17) is 4.74 Å². The molecule has 0 spiro atoms. The average molecular weight is 300 g/mol. The van der Waals surface area contributed by atoms with Crippen LogP contribution in [0.3, 0.4) is 0 Å². The molecular formula is C16H32N2O3. The summed E-state index contributed by atoms with van der Waals surface area (Å²) in [7, 11) is 0. The zero-order valence-corrected chi connectivity index (χ0v) is 14.4. The van der Waals surface area contributed by atoms with E-state index in [2.05, 4.69) is 17.6 Å². The summed E-state index contributed by atoms with van der Waals surface area (Å²) in [6, 6.07) is -0.550. The summed E-state index contributed by atoms with van der Waals surface area (Å²) in [6.07, 6.45) is 3.43. The van der Waals surface area contributed by atoms with Crippen LogP contribution in [0.5, 0.6) is 0 Å². The Hall–Kier alpha value is -1.26. The number of hydrogen-bond acceptors (Lipinski definition) is 3. The van der Waals surface area contributed by atoms with E-state index in [1.165, 1.54) is 0 Å². The highest BCUT2D eigenvalue weighted by Crippen LogP contribution is 2.11. The van der Waals surface area contributed by atoms with Gasteiger partial charge >= 0.3 is 6.09 Å². The van der Waals surface area contributed by atoms with Crippen LogP contribution in [0.2, 0.25) is 0 Å². The van der Waals surface area contributed by atoms with Gasteiger partial charge in [-0.2, -0.15) is 0 Å².